The highest BCUT2D eigenvalue weighted by atomic mass is 16.5. The minimum atomic E-state index is 0.0977. The summed E-state index contributed by atoms with van der Waals surface area (Å²) < 4.78 is 11.7. The van der Waals surface area contributed by atoms with Crippen LogP contribution in [-0.2, 0) is 4.74 Å². The third kappa shape index (κ3) is 3.20. The number of hydrogen-bond acceptors (Lipinski definition) is 5. The smallest absolute Gasteiger partial charge is 0.247 e. The van der Waals surface area contributed by atoms with Gasteiger partial charge in [-0.1, -0.05) is 17.7 Å². The molecule has 22 heavy (non-hydrogen) atoms. The van der Waals surface area contributed by atoms with Crippen molar-refractivity contribution < 1.29 is 9.15 Å². The number of benzene rings is 1. The quantitative estimate of drug-likeness (QED) is 0.871. The molecule has 118 valence electrons. The summed E-state index contributed by atoms with van der Waals surface area (Å²) in [6.07, 6.45) is 0.455. The predicted octanol–water partition coefficient (Wildman–Crippen LogP) is 3.22. The summed E-state index contributed by atoms with van der Waals surface area (Å²) in [7, 11) is 0. The summed E-state index contributed by atoms with van der Waals surface area (Å²) in [5.41, 5.74) is 2.17. The van der Waals surface area contributed by atoms with Crippen LogP contribution in [-0.4, -0.2) is 40.4 Å². The number of nitrogens with zero attached hydrogens (tertiary/aromatic N) is 3. The van der Waals surface area contributed by atoms with Gasteiger partial charge in [0.05, 0.1) is 18.2 Å². The molecule has 0 bridgehead atoms. The van der Waals surface area contributed by atoms with Gasteiger partial charge in [0.2, 0.25) is 11.8 Å². The first-order valence-corrected chi connectivity index (χ1v) is 7.83. The second kappa shape index (κ2) is 6.18. The molecule has 2 aromatic rings. The molecule has 0 amide bonds. The fourth-order valence-electron chi connectivity index (χ4n) is 2.91. The lowest BCUT2D eigenvalue weighted by Crippen LogP contribution is -2.46. The van der Waals surface area contributed by atoms with Crippen molar-refractivity contribution in [3.63, 3.8) is 0 Å². The molecule has 1 aromatic heterocycles. The summed E-state index contributed by atoms with van der Waals surface area (Å²) in [5.74, 6) is 1.24. The van der Waals surface area contributed by atoms with Crippen LogP contribution in [0.1, 0.15) is 38.3 Å². The third-order valence-electron chi connectivity index (χ3n) is 4.09. The SMILES string of the molecule is Cc1ccc(-c2nnc([C@@H](C)N3C[C@@H](C)O[C@H](C)C3)o2)cc1. The molecule has 1 aromatic carbocycles. The fraction of sp³-hybridized carbons (Fsp3) is 0.529. The first-order chi connectivity index (χ1) is 10.5. The normalized spacial score (nSPS) is 24.4. The van der Waals surface area contributed by atoms with Gasteiger partial charge in [0, 0.05) is 18.7 Å². The van der Waals surface area contributed by atoms with E-state index in [0.717, 1.165) is 18.7 Å². The van der Waals surface area contributed by atoms with Gasteiger partial charge < -0.3 is 9.15 Å². The zero-order chi connectivity index (χ0) is 15.7. The maximum Gasteiger partial charge on any atom is 0.247 e. The number of hydrogen-bond donors (Lipinski definition) is 0. The number of aryl methyl sites for hydroxylation is 1. The molecule has 2 heterocycles. The molecule has 0 N–H and O–H groups in total. The average molecular weight is 301 g/mol. The van der Waals surface area contributed by atoms with E-state index in [2.05, 4.69) is 42.8 Å². The Bertz CT molecular complexity index is 613. The Labute approximate surface area is 131 Å². The molecule has 3 atom stereocenters. The van der Waals surface area contributed by atoms with E-state index in [0.29, 0.717) is 11.8 Å². The van der Waals surface area contributed by atoms with E-state index < -0.39 is 0 Å². The lowest BCUT2D eigenvalue weighted by atomic mass is 10.1. The summed E-state index contributed by atoms with van der Waals surface area (Å²) in [4.78, 5) is 2.34. The van der Waals surface area contributed by atoms with Crippen molar-refractivity contribution in [3.8, 4) is 11.5 Å². The molecule has 1 aliphatic heterocycles. The molecule has 0 spiro atoms. The van der Waals surface area contributed by atoms with E-state index in [9.17, 15) is 0 Å². The van der Waals surface area contributed by atoms with Gasteiger partial charge in [0.25, 0.3) is 0 Å². The van der Waals surface area contributed by atoms with Crippen molar-refractivity contribution in [1.29, 1.82) is 0 Å². The molecule has 0 saturated carbocycles. The Morgan fingerprint density at radius 3 is 2.36 bits per heavy atom. The van der Waals surface area contributed by atoms with Crippen molar-refractivity contribution in [3.05, 3.63) is 35.7 Å². The average Bonchev–Trinajstić information content (AvgIpc) is 2.96. The molecule has 5 nitrogen and oxygen atoms in total. The van der Waals surface area contributed by atoms with Crippen LogP contribution in [0.15, 0.2) is 28.7 Å². The van der Waals surface area contributed by atoms with Gasteiger partial charge in [-0.05, 0) is 39.8 Å². The lowest BCUT2D eigenvalue weighted by Gasteiger charge is -2.37. The van der Waals surface area contributed by atoms with Crippen molar-refractivity contribution in [1.82, 2.24) is 15.1 Å². The van der Waals surface area contributed by atoms with Gasteiger partial charge in [0.15, 0.2) is 0 Å². The van der Waals surface area contributed by atoms with Gasteiger partial charge in [-0.2, -0.15) is 0 Å². The van der Waals surface area contributed by atoms with E-state index in [1.807, 2.05) is 24.3 Å². The Morgan fingerprint density at radius 2 is 1.73 bits per heavy atom. The molecular formula is C17H23N3O2. The third-order valence-corrected chi connectivity index (χ3v) is 4.09. The Morgan fingerprint density at radius 1 is 1.09 bits per heavy atom. The van der Waals surface area contributed by atoms with Gasteiger partial charge in [-0.15, -0.1) is 10.2 Å². The Hall–Kier alpha value is -1.72. The molecule has 0 radical (unpaired) electrons. The molecule has 0 unspecified atom stereocenters. The lowest BCUT2D eigenvalue weighted by molar-refractivity contribution is -0.0814. The molecule has 1 saturated heterocycles. The van der Waals surface area contributed by atoms with Crippen molar-refractivity contribution in [2.45, 2.75) is 45.9 Å². The summed E-state index contributed by atoms with van der Waals surface area (Å²) in [6, 6.07) is 8.22. The molecule has 0 aliphatic carbocycles. The van der Waals surface area contributed by atoms with Gasteiger partial charge >= 0.3 is 0 Å². The highest BCUT2D eigenvalue weighted by molar-refractivity contribution is 5.52. The largest absolute Gasteiger partial charge is 0.419 e. The highest BCUT2D eigenvalue weighted by Gasteiger charge is 2.29. The molecule has 1 aliphatic rings. The first-order valence-electron chi connectivity index (χ1n) is 7.83. The first kappa shape index (κ1) is 15.2. The van der Waals surface area contributed by atoms with Crippen LogP contribution in [0.25, 0.3) is 11.5 Å². The minimum Gasteiger partial charge on any atom is -0.419 e. The minimum absolute atomic E-state index is 0.0977. The standard InChI is InChI=1S/C17H23N3O2/c1-11-5-7-15(8-6-11)17-19-18-16(22-17)14(4)20-9-12(2)21-13(3)10-20/h5-8,12-14H,9-10H2,1-4H3/t12-,13-,14-/m1/s1. The molecule has 5 heteroatoms. The highest BCUT2D eigenvalue weighted by Crippen LogP contribution is 2.26. The molecular weight excluding hydrogens is 278 g/mol. The summed E-state index contributed by atoms with van der Waals surface area (Å²) >= 11 is 0. The zero-order valence-corrected chi connectivity index (χ0v) is 13.6. The van der Waals surface area contributed by atoms with Crippen LogP contribution in [0.4, 0.5) is 0 Å². The predicted molar refractivity (Wildman–Crippen MR) is 84.5 cm³/mol. The maximum atomic E-state index is 5.89. The number of morpholine rings is 1. The number of rotatable bonds is 3. The van der Waals surface area contributed by atoms with Crippen LogP contribution in [0.2, 0.25) is 0 Å². The van der Waals surface area contributed by atoms with Crippen molar-refractivity contribution >= 4 is 0 Å². The second-order valence-electron chi connectivity index (χ2n) is 6.20. The number of ether oxygens (including phenoxy) is 1. The van der Waals surface area contributed by atoms with E-state index in [4.69, 9.17) is 9.15 Å². The van der Waals surface area contributed by atoms with Crippen LogP contribution in [0, 0.1) is 6.92 Å². The van der Waals surface area contributed by atoms with Crippen molar-refractivity contribution in [2.24, 2.45) is 0 Å². The van der Waals surface area contributed by atoms with E-state index >= 15 is 0 Å². The van der Waals surface area contributed by atoms with Gasteiger partial charge in [-0.3, -0.25) is 4.90 Å². The topological polar surface area (TPSA) is 51.4 Å². The van der Waals surface area contributed by atoms with Crippen LogP contribution < -0.4 is 0 Å². The van der Waals surface area contributed by atoms with Gasteiger partial charge in [0.1, 0.15) is 0 Å². The Kier molecular flexibility index (Phi) is 4.27. The fourth-order valence-corrected chi connectivity index (χ4v) is 2.91. The maximum absolute atomic E-state index is 5.89. The van der Waals surface area contributed by atoms with Crippen LogP contribution in [0.5, 0.6) is 0 Å². The summed E-state index contributed by atoms with van der Waals surface area (Å²) in [5, 5.41) is 8.44. The number of aromatic nitrogens is 2. The molecule has 1 fully saturated rings. The second-order valence-corrected chi connectivity index (χ2v) is 6.20. The summed E-state index contributed by atoms with van der Waals surface area (Å²) in [6.45, 7) is 10.1. The van der Waals surface area contributed by atoms with Crippen LogP contribution in [0.3, 0.4) is 0 Å². The van der Waals surface area contributed by atoms with Crippen LogP contribution >= 0.6 is 0 Å². The Balaban J connectivity index is 1.76. The van der Waals surface area contributed by atoms with Crippen molar-refractivity contribution in [2.75, 3.05) is 13.1 Å². The van der Waals surface area contributed by atoms with Gasteiger partial charge in [-0.25, -0.2) is 0 Å². The zero-order valence-electron chi connectivity index (χ0n) is 13.6. The monoisotopic (exact) mass is 301 g/mol. The molecule has 3 rings (SSSR count). The van der Waals surface area contributed by atoms with E-state index in [1.54, 1.807) is 0 Å². The van der Waals surface area contributed by atoms with E-state index in [-0.39, 0.29) is 18.2 Å². The van der Waals surface area contributed by atoms with E-state index in [1.165, 1.54) is 5.56 Å².